The van der Waals surface area contributed by atoms with E-state index < -0.39 is 6.04 Å². The van der Waals surface area contributed by atoms with Crippen LogP contribution < -0.4 is 20.5 Å². The molecule has 9 heteroatoms. The minimum atomic E-state index is -0.428. The molecular formula is C31H43N4O5+. The molecule has 2 amide bonds. The predicted molar refractivity (Wildman–Crippen MR) is 153 cm³/mol. The van der Waals surface area contributed by atoms with Crippen LogP contribution in [0.5, 0.6) is 11.5 Å². The smallest absolute Gasteiger partial charge is 0.255 e. The van der Waals surface area contributed by atoms with Crippen molar-refractivity contribution >= 4 is 17.5 Å². The number of hydrogen-bond acceptors (Lipinski definition) is 6. The number of benzene rings is 2. The standard InChI is InChI=1S/C31H42N4O5/c1-3-13-35(14-9-24(10-15-35)29(32)31(37)34-11-16-38-17-12-34)22(2)18-23-5-4-6-26(19-23)33-30(36)25-7-8-27-28(20-25)40-21-39-27/h4-8,19-20,22,24,29H,3,9-18,21,32H2,1-2H3/p+1. The average molecular weight is 552 g/mol. The second-order valence-electron chi connectivity index (χ2n) is 11.5. The molecule has 2 saturated heterocycles. The van der Waals surface area contributed by atoms with Crippen molar-refractivity contribution in [2.75, 3.05) is 58.0 Å². The summed E-state index contributed by atoms with van der Waals surface area (Å²) in [6.07, 6.45) is 3.96. The summed E-state index contributed by atoms with van der Waals surface area (Å²) in [4.78, 5) is 27.8. The van der Waals surface area contributed by atoms with E-state index >= 15 is 0 Å². The first-order chi connectivity index (χ1) is 19.4. The number of hydrogen-bond donors (Lipinski definition) is 2. The van der Waals surface area contributed by atoms with Crippen molar-refractivity contribution in [2.45, 2.75) is 51.6 Å². The summed E-state index contributed by atoms with van der Waals surface area (Å²) in [5.41, 5.74) is 9.03. The number of carbonyl (C=O) groups is 2. The zero-order valence-corrected chi connectivity index (χ0v) is 23.8. The zero-order chi connectivity index (χ0) is 28.1. The summed E-state index contributed by atoms with van der Waals surface area (Å²) < 4.78 is 17.2. The zero-order valence-electron chi connectivity index (χ0n) is 23.8. The highest BCUT2D eigenvalue weighted by Crippen LogP contribution is 2.33. The van der Waals surface area contributed by atoms with Gasteiger partial charge in [0.2, 0.25) is 12.7 Å². The SMILES string of the molecule is CCC[N+]1(C(C)Cc2cccc(NC(=O)c3ccc4c(c3)OCO4)c2)CCC(C(N)C(=O)N2CCOCC2)CC1. The Balaban J connectivity index is 1.20. The largest absolute Gasteiger partial charge is 0.454 e. The van der Waals surface area contributed by atoms with Gasteiger partial charge >= 0.3 is 0 Å². The average Bonchev–Trinajstić information content (AvgIpc) is 3.46. The van der Waals surface area contributed by atoms with Gasteiger partial charge in [0.15, 0.2) is 11.5 Å². The normalized spacial score (nSPS) is 23.9. The van der Waals surface area contributed by atoms with Crippen LogP contribution in [0.2, 0.25) is 0 Å². The van der Waals surface area contributed by atoms with E-state index in [1.807, 2.05) is 17.0 Å². The van der Waals surface area contributed by atoms with Crippen molar-refractivity contribution in [3.05, 3.63) is 53.6 Å². The molecule has 0 spiro atoms. The topological polar surface area (TPSA) is 103 Å². The number of morpholine rings is 1. The van der Waals surface area contributed by atoms with Gasteiger partial charge in [0, 0.05) is 43.6 Å². The van der Waals surface area contributed by atoms with Crippen LogP contribution in [-0.4, -0.2) is 86.0 Å². The Morgan fingerprint density at radius 3 is 2.58 bits per heavy atom. The van der Waals surface area contributed by atoms with Gasteiger partial charge in [-0.15, -0.1) is 0 Å². The quantitative estimate of drug-likeness (QED) is 0.463. The lowest BCUT2D eigenvalue weighted by Crippen LogP contribution is -2.61. The summed E-state index contributed by atoms with van der Waals surface area (Å²) in [6, 6.07) is 13.4. The Hall–Kier alpha value is -3.14. The maximum atomic E-state index is 13.0. The number of nitrogens with one attached hydrogen (secondary N) is 1. The second-order valence-corrected chi connectivity index (χ2v) is 11.5. The number of anilines is 1. The van der Waals surface area contributed by atoms with Crippen LogP contribution in [0.15, 0.2) is 42.5 Å². The van der Waals surface area contributed by atoms with E-state index in [-0.39, 0.29) is 24.5 Å². The van der Waals surface area contributed by atoms with Crippen molar-refractivity contribution in [2.24, 2.45) is 11.7 Å². The Morgan fingerprint density at radius 2 is 1.82 bits per heavy atom. The molecule has 0 aromatic heterocycles. The maximum absolute atomic E-state index is 13.0. The Morgan fingerprint density at radius 1 is 1.07 bits per heavy atom. The molecule has 2 atom stereocenters. The number of nitrogens with zero attached hydrogens (tertiary/aromatic N) is 2. The Bertz CT molecular complexity index is 1190. The van der Waals surface area contributed by atoms with Gasteiger partial charge in [0.05, 0.1) is 44.9 Å². The summed E-state index contributed by atoms with van der Waals surface area (Å²) in [5.74, 6) is 1.38. The number of likely N-dealkylation sites (tertiary alicyclic amines) is 1. The summed E-state index contributed by atoms with van der Waals surface area (Å²) in [7, 11) is 0. The van der Waals surface area contributed by atoms with Crippen LogP contribution in [0.4, 0.5) is 5.69 Å². The van der Waals surface area contributed by atoms with Crippen LogP contribution in [0.3, 0.4) is 0 Å². The predicted octanol–water partition coefficient (Wildman–Crippen LogP) is 3.42. The number of ether oxygens (including phenoxy) is 3. The molecule has 2 aromatic carbocycles. The molecule has 2 aromatic rings. The van der Waals surface area contributed by atoms with Crippen molar-refractivity contribution in [3.8, 4) is 11.5 Å². The molecule has 2 fully saturated rings. The highest BCUT2D eigenvalue weighted by atomic mass is 16.7. The molecule has 3 heterocycles. The molecule has 9 nitrogen and oxygen atoms in total. The molecule has 2 unspecified atom stereocenters. The minimum absolute atomic E-state index is 0.0800. The molecular weight excluding hydrogens is 508 g/mol. The van der Waals surface area contributed by atoms with E-state index in [2.05, 4.69) is 31.3 Å². The lowest BCUT2D eigenvalue weighted by atomic mass is 9.86. The number of quaternary nitrogens is 1. The fourth-order valence-corrected chi connectivity index (χ4v) is 6.54. The van der Waals surface area contributed by atoms with Crippen molar-refractivity contribution in [3.63, 3.8) is 0 Å². The van der Waals surface area contributed by atoms with E-state index in [0.29, 0.717) is 49.4 Å². The van der Waals surface area contributed by atoms with Crippen LogP contribution in [-0.2, 0) is 16.0 Å². The van der Waals surface area contributed by atoms with Crippen LogP contribution >= 0.6 is 0 Å². The Kier molecular flexibility index (Phi) is 8.93. The first-order valence-corrected chi connectivity index (χ1v) is 14.7. The highest BCUT2D eigenvalue weighted by molar-refractivity contribution is 6.04. The number of rotatable bonds is 9. The summed E-state index contributed by atoms with van der Waals surface area (Å²) in [5, 5.41) is 3.04. The number of amides is 2. The van der Waals surface area contributed by atoms with Crippen molar-refractivity contribution < 1.29 is 28.3 Å². The summed E-state index contributed by atoms with van der Waals surface area (Å²) >= 11 is 0. The van der Waals surface area contributed by atoms with Crippen LogP contribution in [0.1, 0.15) is 49.0 Å². The molecule has 0 saturated carbocycles. The van der Waals surface area contributed by atoms with E-state index in [4.69, 9.17) is 19.9 Å². The van der Waals surface area contributed by atoms with Gasteiger partial charge < -0.3 is 34.6 Å². The van der Waals surface area contributed by atoms with E-state index in [1.165, 1.54) is 5.56 Å². The van der Waals surface area contributed by atoms with E-state index in [9.17, 15) is 9.59 Å². The van der Waals surface area contributed by atoms with Gasteiger partial charge in [-0.2, -0.15) is 0 Å². The van der Waals surface area contributed by atoms with Crippen molar-refractivity contribution in [1.29, 1.82) is 0 Å². The van der Waals surface area contributed by atoms with Gasteiger partial charge in [-0.1, -0.05) is 19.1 Å². The third kappa shape index (κ3) is 6.27. The van der Waals surface area contributed by atoms with Gasteiger partial charge in [0.25, 0.3) is 5.91 Å². The van der Waals surface area contributed by atoms with E-state index in [0.717, 1.165) is 55.5 Å². The molecule has 40 heavy (non-hydrogen) atoms. The number of nitrogens with two attached hydrogens (primary N) is 1. The van der Waals surface area contributed by atoms with Gasteiger partial charge in [-0.25, -0.2) is 0 Å². The molecule has 5 rings (SSSR count). The van der Waals surface area contributed by atoms with Crippen molar-refractivity contribution in [1.82, 2.24) is 4.90 Å². The lowest BCUT2D eigenvalue weighted by molar-refractivity contribution is -0.954. The number of piperidine rings is 1. The Labute approximate surface area is 237 Å². The molecule has 0 bridgehead atoms. The monoisotopic (exact) mass is 551 g/mol. The van der Waals surface area contributed by atoms with Gasteiger partial charge in [-0.05, 0) is 55.2 Å². The highest BCUT2D eigenvalue weighted by Gasteiger charge is 2.41. The van der Waals surface area contributed by atoms with Crippen LogP contribution in [0, 0.1) is 5.92 Å². The maximum Gasteiger partial charge on any atom is 0.255 e. The first kappa shape index (κ1) is 28.4. The fourth-order valence-electron chi connectivity index (χ4n) is 6.54. The minimum Gasteiger partial charge on any atom is -0.454 e. The lowest BCUT2D eigenvalue weighted by Gasteiger charge is -2.49. The third-order valence-corrected chi connectivity index (χ3v) is 8.96. The van der Waals surface area contributed by atoms with Gasteiger partial charge in [0.1, 0.15) is 0 Å². The molecule has 3 N–H and O–H groups in total. The molecule has 3 aliphatic heterocycles. The number of fused-ring (bicyclic) bond motifs is 1. The fraction of sp³-hybridized carbons (Fsp3) is 0.548. The first-order valence-electron chi connectivity index (χ1n) is 14.7. The van der Waals surface area contributed by atoms with Gasteiger partial charge in [-0.3, -0.25) is 9.59 Å². The molecule has 0 aliphatic carbocycles. The summed E-state index contributed by atoms with van der Waals surface area (Å²) in [6.45, 7) is 10.4. The third-order valence-electron chi connectivity index (χ3n) is 8.96. The van der Waals surface area contributed by atoms with Crippen LogP contribution in [0.25, 0.3) is 0 Å². The molecule has 216 valence electrons. The van der Waals surface area contributed by atoms with E-state index in [1.54, 1.807) is 18.2 Å². The molecule has 0 radical (unpaired) electrons. The second kappa shape index (κ2) is 12.6. The number of carbonyl (C=O) groups excluding carboxylic acids is 2. The molecule has 3 aliphatic rings.